The van der Waals surface area contributed by atoms with Gasteiger partial charge in [-0.15, -0.1) is 15.9 Å². The van der Waals surface area contributed by atoms with E-state index in [1.807, 2.05) is 0 Å². The second kappa shape index (κ2) is 4.12. The topological polar surface area (TPSA) is 63.6 Å². The molecule has 0 aliphatic carbocycles. The third kappa shape index (κ3) is 4.99. The molecule has 0 aromatic carbocycles. The summed E-state index contributed by atoms with van der Waals surface area (Å²) in [4.78, 5) is 0. The van der Waals surface area contributed by atoms with Crippen molar-refractivity contribution in [3.63, 3.8) is 0 Å². The van der Waals surface area contributed by atoms with Gasteiger partial charge in [0, 0.05) is 5.38 Å². The van der Waals surface area contributed by atoms with E-state index in [9.17, 15) is 8.42 Å². The van der Waals surface area contributed by atoms with E-state index in [1.54, 1.807) is 6.92 Å². The summed E-state index contributed by atoms with van der Waals surface area (Å²) in [6.07, 6.45) is 0.268. The molecule has 0 amide bonds. The van der Waals surface area contributed by atoms with Gasteiger partial charge in [-0.1, -0.05) is 0 Å². The molecule has 0 aliphatic rings. The quantitative estimate of drug-likeness (QED) is 0.403. The summed E-state index contributed by atoms with van der Waals surface area (Å²) in [5.74, 6) is -0.256. The molecule has 0 aromatic heterocycles. The summed E-state index contributed by atoms with van der Waals surface area (Å²) >= 11 is 5.44. The van der Waals surface area contributed by atoms with E-state index in [0.717, 1.165) is 0 Å². The van der Waals surface area contributed by atoms with Gasteiger partial charge in [0.05, 0.1) is 5.75 Å². The maximum atomic E-state index is 10.4. The second-order valence-electron chi connectivity index (χ2n) is 1.91. The Morgan fingerprint density at radius 3 is 2.50 bits per heavy atom. The molecular formula is C4H9ClO4S. The van der Waals surface area contributed by atoms with Crippen LogP contribution < -0.4 is 0 Å². The molecule has 62 valence electrons. The molecule has 1 atom stereocenters. The van der Waals surface area contributed by atoms with Gasteiger partial charge in [0.2, 0.25) is 0 Å². The van der Waals surface area contributed by atoms with Crippen LogP contribution in [0.5, 0.6) is 0 Å². The van der Waals surface area contributed by atoms with Gasteiger partial charge in [-0.3, -0.25) is 0 Å². The van der Waals surface area contributed by atoms with Gasteiger partial charge in [-0.05, 0) is 13.3 Å². The average molecular weight is 189 g/mol. The fourth-order valence-electron chi connectivity index (χ4n) is 0.344. The van der Waals surface area contributed by atoms with Crippen molar-refractivity contribution in [3.8, 4) is 0 Å². The average Bonchev–Trinajstić information content (AvgIpc) is 1.85. The van der Waals surface area contributed by atoms with Crippen molar-refractivity contribution in [2.45, 2.75) is 18.7 Å². The summed E-state index contributed by atoms with van der Waals surface area (Å²) < 4.78 is 23.9. The van der Waals surface area contributed by atoms with Crippen molar-refractivity contribution in [1.29, 1.82) is 0 Å². The second-order valence-corrected chi connectivity index (χ2v) is 4.32. The maximum Gasteiger partial charge on any atom is 0.293 e. The lowest BCUT2D eigenvalue weighted by Crippen LogP contribution is -2.10. The van der Waals surface area contributed by atoms with Crippen LogP contribution in [0.2, 0.25) is 0 Å². The van der Waals surface area contributed by atoms with E-state index in [2.05, 4.69) is 4.33 Å². The zero-order valence-electron chi connectivity index (χ0n) is 5.45. The summed E-state index contributed by atoms with van der Waals surface area (Å²) in [5, 5.41) is 7.54. The van der Waals surface area contributed by atoms with Crippen molar-refractivity contribution < 1.29 is 18.0 Å². The number of halogens is 1. The minimum atomic E-state index is -3.74. The summed E-state index contributed by atoms with van der Waals surface area (Å²) in [7, 11) is -3.74. The summed E-state index contributed by atoms with van der Waals surface area (Å²) in [6.45, 7) is 1.66. The standard InChI is InChI=1S/C4H9ClO4S/c1-4(5)2-3-10(7,8)9-6/h4,6H,2-3H2,1H3. The van der Waals surface area contributed by atoms with E-state index < -0.39 is 10.1 Å². The van der Waals surface area contributed by atoms with E-state index in [1.165, 1.54) is 0 Å². The Bertz CT molecular complexity index is 174. The molecule has 0 bridgehead atoms. The van der Waals surface area contributed by atoms with E-state index in [4.69, 9.17) is 16.9 Å². The molecule has 0 spiro atoms. The predicted octanol–water partition coefficient (Wildman–Crippen LogP) is 0.823. The zero-order valence-corrected chi connectivity index (χ0v) is 7.02. The van der Waals surface area contributed by atoms with Crippen LogP contribution in [-0.2, 0) is 14.5 Å². The molecule has 0 rings (SSSR count). The van der Waals surface area contributed by atoms with Gasteiger partial charge >= 0.3 is 0 Å². The lowest BCUT2D eigenvalue weighted by atomic mass is 10.4. The molecule has 1 N–H and O–H groups in total. The molecule has 0 aromatic rings. The lowest BCUT2D eigenvalue weighted by molar-refractivity contribution is -0.130. The Hall–Kier alpha value is 0.160. The summed E-state index contributed by atoms with van der Waals surface area (Å²) in [5.41, 5.74) is 0. The molecule has 0 saturated carbocycles. The van der Waals surface area contributed by atoms with Gasteiger partial charge in [0.15, 0.2) is 0 Å². The molecule has 6 heteroatoms. The van der Waals surface area contributed by atoms with Crippen LogP contribution in [-0.4, -0.2) is 24.8 Å². The fraction of sp³-hybridized carbons (Fsp3) is 1.00. The molecule has 0 aliphatic heterocycles. The van der Waals surface area contributed by atoms with Gasteiger partial charge in [-0.2, -0.15) is 8.42 Å². The minimum absolute atomic E-state index is 0.232. The number of hydrogen-bond donors (Lipinski definition) is 1. The normalized spacial score (nSPS) is 15.1. The van der Waals surface area contributed by atoms with Gasteiger partial charge in [-0.25, -0.2) is 5.26 Å². The van der Waals surface area contributed by atoms with Crippen molar-refractivity contribution in [1.82, 2.24) is 0 Å². The number of hydrogen-bond acceptors (Lipinski definition) is 4. The Morgan fingerprint density at radius 2 is 2.20 bits per heavy atom. The first kappa shape index (κ1) is 10.2. The van der Waals surface area contributed by atoms with Crippen molar-refractivity contribution in [2.24, 2.45) is 0 Å². The van der Waals surface area contributed by atoms with Crippen LogP contribution in [0, 0.1) is 0 Å². The maximum absolute atomic E-state index is 10.4. The molecule has 4 nitrogen and oxygen atoms in total. The first-order chi connectivity index (χ1) is 4.48. The monoisotopic (exact) mass is 188 g/mol. The van der Waals surface area contributed by atoms with E-state index in [0.29, 0.717) is 0 Å². The first-order valence-corrected chi connectivity index (χ1v) is 4.69. The zero-order chi connectivity index (χ0) is 8.20. The summed E-state index contributed by atoms with van der Waals surface area (Å²) in [6, 6.07) is 0. The third-order valence-corrected chi connectivity index (χ3v) is 2.06. The van der Waals surface area contributed by atoms with Crippen molar-refractivity contribution >= 4 is 21.7 Å². The van der Waals surface area contributed by atoms with Crippen LogP contribution in [0.1, 0.15) is 13.3 Å². The van der Waals surface area contributed by atoms with Gasteiger partial charge < -0.3 is 0 Å². The lowest BCUT2D eigenvalue weighted by Gasteiger charge is -1.99. The van der Waals surface area contributed by atoms with Crippen LogP contribution >= 0.6 is 11.6 Å². The number of alkyl halides is 1. The van der Waals surface area contributed by atoms with Crippen LogP contribution in [0.3, 0.4) is 0 Å². The van der Waals surface area contributed by atoms with Gasteiger partial charge in [0.25, 0.3) is 10.1 Å². The molecule has 0 heterocycles. The highest BCUT2D eigenvalue weighted by Crippen LogP contribution is 2.03. The van der Waals surface area contributed by atoms with Crippen LogP contribution in [0.4, 0.5) is 0 Å². The Labute approximate surface area is 64.8 Å². The Kier molecular flexibility index (Phi) is 4.19. The van der Waals surface area contributed by atoms with Gasteiger partial charge in [0.1, 0.15) is 0 Å². The van der Waals surface area contributed by atoms with Crippen molar-refractivity contribution in [3.05, 3.63) is 0 Å². The number of rotatable bonds is 4. The highest BCUT2D eigenvalue weighted by atomic mass is 35.5. The largest absolute Gasteiger partial charge is 0.293 e. The Morgan fingerprint density at radius 1 is 1.70 bits per heavy atom. The minimum Gasteiger partial charge on any atom is -0.235 e. The van der Waals surface area contributed by atoms with Crippen molar-refractivity contribution in [2.75, 3.05) is 5.75 Å². The molecule has 0 saturated heterocycles. The molecule has 10 heavy (non-hydrogen) atoms. The van der Waals surface area contributed by atoms with Crippen LogP contribution in [0.25, 0.3) is 0 Å². The molecular weight excluding hydrogens is 180 g/mol. The molecule has 0 radical (unpaired) electrons. The fourth-order valence-corrected chi connectivity index (χ4v) is 1.30. The van der Waals surface area contributed by atoms with E-state index >= 15 is 0 Å². The van der Waals surface area contributed by atoms with E-state index in [-0.39, 0.29) is 17.6 Å². The SMILES string of the molecule is CC(Cl)CCS(=O)(=O)OO. The molecule has 1 unspecified atom stereocenters. The third-order valence-electron chi connectivity index (χ3n) is 0.879. The molecule has 0 fully saturated rings. The highest BCUT2D eigenvalue weighted by Gasteiger charge is 2.11. The Balaban J connectivity index is 3.70. The highest BCUT2D eigenvalue weighted by molar-refractivity contribution is 7.86. The van der Waals surface area contributed by atoms with Crippen LogP contribution in [0.15, 0.2) is 0 Å². The first-order valence-electron chi connectivity index (χ1n) is 2.68. The smallest absolute Gasteiger partial charge is 0.235 e. The predicted molar refractivity (Wildman–Crippen MR) is 37.4 cm³/mol.